The average Bonchev–Trinajstić information content (AvgIpc) is 3.17. The summed E-state index contributed by atoms with van der Waals surface area (Å²) < 4.78 is 40.9. The van der Waals surface area contributed by atoms with Crippen LogP contribution in [0.2, 0.25) is 0 Å². The van der Waals surface area contributed by atoms with E-state index in [9.17, 15) is 13.6 Å². The molecule has 0 saturated heterocycles. The van der Waals surface area contributed by atoms with E-state index in [-0.39, 0.29) is 23.8 Å². The van der Waals surface area contributed by atoms with E-state index < -0.39 is 12.5 Å². The van der Waals surface area contributed by atoms with Crippen molar-refractivity contribution in [2.75, 3.05) is 5.32 Å². The molecule has 30 heavy (non-hydrogen) atoms. The molecule has 0 fully saturated rings. The summed E-state index contributed by atoms with van der Waals surface area (Å²) in [6, 6.07) is 15.5. The van der Waals surface area contributed by atoms with Crippen molar-refractivity contribution < 1.29 is 27.5 Å². The van der Waals surface area contributed by atoms with Crippen LogP contribution < -0.4 is 14.8 Å². The second kappa shape index (κ2) is 9.43. The number of benzene rings is 2. The van der Waals surface area contributed by atoms with E-state index in [1.165, 1.54) is 23.8 Å². The van der Waals surface area contributed by atoms with Crippen LogP contribution in [0.15, 0.2) is 59.0 Å². The first kappa shape index (κ1) is 21.4. The smallest absolute Gasteiger partial charge is 0.387 e. The molecule has 1 amide bonds. The standard InChI is InChI=1S/C23H23F2NO4/c1-14(2)16-5-7-17(8-6-16)28-13-18-9-11-20(29-18)22(27)26-19-10-4-15(3)12-21(19)30-23(24)25/h4-12,14,23H,13H2,1-3H3,(H,26,27). The number of hydrogen-bond acceptors (Lipinski definition) is 4. The zero-order chi connectivity index (χ0) is 21.7. The lowest BCUT2D eigenvalue weighted by molar-refractivity contribution is -0.0494. The molecule has 2 aromatic carbocycles. The number of furan rings is 1. The summed E-state index contributed by atoms with van der Waals surface area (Å²) in [7, 11) is 0. The second-order valence-electron chi connectivity index (χ2n) is 7.11. The van der Waals surface area contributed by atoms with E-state index in [0.29, 0.717) is 17.4 Å². The van der Waals surface area contributed by atoms with Gasteiger partial charge in [-0.1, -0.05) is 32.0 Å². The molecule has 1 aromatic heterocycles. The number of carbonyl (C=O) groups excluding carboxylic acids is 1. The van der Waals surface area contributed by atoms with Crippen LogP contribution in [0.3, 0.4) is 0 Å². The Labute approximate surface area is 173 Å². The highest BCUT2D eigenvalue weighted by molar-refractivity contribution is 6.03. The summed E-state index contributed by atoms with van der Waals surface area (Å²) in [5, 5.41) is 2.53. The van der Waals surface area contributed by atoms with Crippen molar-refractivity contribution in [2.45, 2.75) is 39.9 Å². The molecule has 1 heterocycles. The number of hydrogen-bond donors (Lipinski definition) is 1. The maximum atomic E-state index is 12.6. The van der Waals surface area contributed by atoms with E-state index in [1.807, 2.05) is 24.3 Å². The van der Waals surface area contributed by atoms with Crippen LogP contribution in [0.4, 0.5) is 14.5 Å². The second-order valence-corrected chi connectivity index (χ2v) is 7.11. The lowest BCUT2D eigenvalue weighted by atomic mass is 10.0. The lowest BCUT2D eigenvalue weighted by Gasteiger charge is -2.12. The number of alkyl halides is 2. The van der Waals surface area contributed by atoms with E-state index >= 15 is 0 Å². The molecule has 7 heteroatoms. The molecule has 0 aliphatic rings. The summed E-state index contributed by atoms with van der Waals surface area (Å²) >= 11 is 0. The molecule has 0 atom stereocenters. The van der Waals surface area contributed by atoms with Crippen LogP contribution in [0.25, 0.3) is 0 Å². The van der Waals surface area contributed by atoms with Gasteiger partial charge in [0.1, 0.15) is 23.9 Å². The van der Waals surface area contributed by atoms with Gasteiger partial charge in [-0.15, -0.1) is 0 Å². The Bertz CT molecular complexity index is 997. The average molecular weight is 415 g/mol. The Morgan fingerprint density at radius 1 is 1.07 bits per heavy atom. The van der Waals surface area contributed by atoms with Crippen LogP contribution >= 0.6 is 0 Å². The molecule has 0 radical (unpaired) electrons. The number of anilines is 1. The number of nitrogens with one attached hydrogen (secondary N) is 1. The van der Waals surface area contributed by atoms with E-state index in [1.54, 1.807) is 19.1 Å². The predicted molar refractivity (Wildman–Crippen MR) is 109 cm³/mol. The van der Waals surface area contributed by atoms with E-state index in [4.69, 9.17) is 9.15 Å². The monoisotopic (exact) mass is 415 g/mol. The zero-order valence-corrected chi connectivity index (χ0v) is 16.9. The third-order valence-electron chi connectivity index (χ3n) is 4.41. The van der Waals surface area contributed by atoms with Gasteiger partial charge in [-0.05, 0) is 60.4 Å². The van der Waals surface area contributed by atoms with Gasteiger partial charge >= 0.3 is 6.61 Å². The van der Waals surface area contributed by atoms with Gasteiger partial charge in [-0.25, -0.2) is 0 Å². The molecule has 0 aliphatic heterocycles. The minimum absolute atomic E-state index is 0.0346. The largest absolute Gasteiger partial charge is 0.486 e. The normalized spacial score (nSPS) is 11.0. The van der Waals surface area contributed by atoms with Crippen molar-refractivity contribution >= 4 is 11.6 Å². The molecule has 3 rings (SSSR count). The van der Waals surface area contributed by atoms with Crippen LogP contribution in [0, 0.1) is 6.92 Å². The lowest BCUT2D eigenvalue weighted by Crippen LogP contribution is -2.13. The van der Waals surface area contributed by atoms with Crippen LogP contribution in [0.1, 0.15) is 47.2 Å². The Morgan fingerprint density at radius 3 is 2.47 bits per heavy atom. The van der Waals surface area contributed by atoms with E-state index in [0.717, 1.165) is 5.56 Å². The van der Waals surface area contributed by atoms with Crippen LogP contribution in [-0.4, -0.2) is 12.5 Å². The van der Waals surface area contributed by atoms with Gasteiger partial charge in [0.2, 0.25) is 0 Å². The molecule has 0 saturated carbocycles. The predicted octanol–water partition coefficient (Wildman–Crippen LogP) is 6.14. The first-order valence-electron chi connectivity index (χ1n) is 9.50. The molecule has 158 valence electrons. The van der Waals surface area contributed by atoms with E-state index in [2.05, 4.69) is 23.9 Å². The van der Waals surface area contributed by atoms with Crippen LogP contribution in [0.5, 0.6) is 11.5 Å². The Kier molecular flexibility index (Phi) is 6.72. The van der Waals surface area contributed by atoms with Gasteiger partial charge in [0.15, 0.2) is 5.76 Å². The van der Waals surface area contributed by atoms with Crippen molar-refractivity contribution in [3.8, 4) is 11.5 Å². The molecule has 0 spiro atoms. The number of halogens is 2. The number of ether oxygens (including phenoxy) is 2. The van der Waals surface area contributed by atoms with Gasteiger partial charge in [0.05, 0.1) is 5.69 Å². The van der Waals surface area contributed by atoms with Gasteiger partial charge in [-0.3, -0.25) is 4.79 Å². The maximum absolute atomic E-state index is 12.6. The number of rotatable bonds is 8. The first-order chi connectivity index (χ1) is 14.3. The van der Waals surface area contributed by atoms with Gasteiger partial charge in [-0.2, -0.15) is 8.78 Å². The highest BCUT2D eigenvalue weighted by Crippen LogP contribution is 2.28. The number of amides is 1. The molecule has 3 aromatic rings. The van der Waals surface area contributed by atoms with Crippen molar-refractivity contribution in [2.24, 2.45) is 0 Å². The van der Waals surface area contributed by atoms with Crippen LogP contribution in [-0.2, 0) is 6.61 Å². The maximum Gasteiger partial charge on any atom is 0.387 e. The minimum atomic E-state index is -3.00. The molecule has 1 N–H and O–H groups in total. The molecule has 0 bridgehead atoms. The van der Waals surface area contributed by atoms with Crippen molar-refractivity contribution in [3.05, 3.63) is 77.2 Å². The fourth-order valence-electron chi connectivity index (χ4n) is 2.79. The SMILES string of the molecule is Cc1ccc(NC(=O)c2ccc(COc3ccc(C(C)C)cc3)o2)c(OC(F)F)c1. The summed E-state index contributed by atoms with van der Waals surface area (Å²) in [4.78, 5) is 12.4. The highest BCUT2D eigenvalue weighted by Gasteiger charge is 2.16. The zero-order valence-electron chi connectivity index (χ0n) is 16.9. The topological polar surface area (TPSA) is 60.7 Å². The summed E-state index contributed by atoms with van der Waals surface area (Å²) in [6.45, 7) is 3.12. The molecular formula is C23H23F2NO4. The Morgan fingerprint density at radius 2 is 1.80 bits per heavy atom. The number of carbonyl (C=O) groups is 1. The summed E-state index contributed by atoms with van der Waals surface area (Å²) in [5.41, 5.74) is 2.07. The molecule has 0 unspecified atom stereocenters. The third kappa shape index (κ3) is 5.59. The van der Waals surface area contributed by atoms with Crippen molar-refractivity contribution in [1.29, 1.82) is 0 Å². The molecule has 0 aliphatic carbocycles. The molecule has 5 nitrogen and oxygen atoms in total. The minimum Gasteiger partial charge on any atom is -0.486 e. The summed E-state index contributed by atoms with van der Waals surface area (Å²) in [6.07, 6.45) is 0. The third-order valence-corrected chi connectivity index (χ3v) is 4.41. The molecular weight excluding hydrogens is 392 g/mol. The van der Waals surface area contributed by atoms with Crippen molar-refractivity contribution in [3.63, 3.8) is 0 Å². The number of aryl methyl sites for hydroxylation is 1. The Balaban J connectivity index is 1.62. The Hall–Kier alpha value is -3.35. The van der Waals surface area contributed by atoms with Gasteiger partial charge in [0, 0.05) is 0 Å². The van der Waals surface area contributed by atoms with Crippen molar-refractivity contribution in [1.82, 2.24) is 0 Å². The highest BCUT2D eigenvalue weighted by atomic mass is 19.3. The van der Waals surface area contributed by atoms with Gasteiger partial charge < -0.3 is 19.2 Å². The first-order valence-corrected chi connectivity index (χ1v) is 9.50. The van der Waals surface area contributed by atoms with Gasteiger partial charge in [0.25, 0.3) is 5.91 Å². The quantitative estimate of drug-likeness (QED) is 0.480. The fraction of sp³-hybridized carbons (Fsp3) is 0.261. The summed E-state index contributed by atoms with van der Waals surface area (Å²) in [5.74, 6) is 0.928. The fourth-order valence-corrected chi connectivity index (χ4v) is 2.79.